The van der Waals surface area contributed by atoms with Crippen LogP contribution in [0.25, 0.3) is 0 Å². The van der Waals surface area contributed by atoms with Crippen LogP contribution < -0.4 is 25.4 Å². The zero-order valence-electron chi connectivity index (χ0n) is 18.5. The van der Waals surface area contributed by atoms with Crippen molar-refractivity contribution in [1.82, 2.24) is 20.9 Å². The molecule has 0 fully saturated rings. The molecule has 1 aliphatic rings. The van der Waals surface area contributed by atoms with Gasteiger partial charge in [0.25, 0.3) is 0 Å². The van der Waals surface area contributed by atoms with Gasteiger partial charge in [-0.2, -0.15) is 0 Å². The van der Waals surface area contributed by atoms with Crippen molar-refractivity contribution in [3.05, 3.63) is 23.3 Å². The number of carbonyl (C=O) groups is 2. The van der Waals surface area contributed by atoms with Gasteiger partial charge in [-0.25, -0.2) is 9.59 Å². The van der Waals surface area contributed by atoms with Crippen molar-refractivity contribution in [2.45, 2.75) is 58.7 Å². The number of hydrogen-bond donors (Lipinski definition) is 3. The lowest BCUT2D eigenvalue weighted by Crippen LogP contribution is -2.52. The number of benzene rings is 1. The molecule has 0 saturated carbocycles. The van der Waals surface area contributed by atoms with E-state index in [-0.39, 0.29) is 36.2 Å². The van der Waals surface area contributed by atoms with Crippen molar-refractivity contribution in [2.75, 3.05) is 27.3 Å². The first-order valence-corrected chi connectivity index (χ1v) is 9.93. The third-order valence-corrected chi connectivity index (χ3v) is 4.62. The first-order valence-electron chi connectivity index (χ1n) is 9.93. The summed E-state index contributed by atoms with van der Waals surface area (Å²) in [6.45, 7) is 10.4. The van der Waals surface area contributed by atoms with Gasteiger partial charge in [0.2, 0.25) is 0 Å². The SMILES string of the molecule is COc1cc2c(cc1OC)[C@H](CNC(=O)NC(C)(C)C)N(C(=O)NC(C)C)CC2. The zero-order valence-corrected chi connectivity index (χ0v) is 18.5. The summed E-state index contributed by atoms with van der Waals surface area (Å²) in [6.07, 6.45) is 0.700. The molecule has 0 saturated heterocycles. The fourth-order valence-corrected chi connectivity index (χ4v) is 3.40. The highest BCUT2D eigenvalue weighted by Crippen LogP contribution is 2.38. The maximum absolute atomic E-state index is 12.8. The Labute approximate surface area is 173 Å². The number of hydrogen-bond acceptors (Lipinski definition) is 4. The van der Waals surface area contributed by atoms with Crippen LogP contribution in [0.2, 0.25) is 0 Å². The Bertz CT molecular complexity index is 743. The van der Waals surface area contributed by atoms with Crippen LogP contribution in [0.4, 0.5) is 9.59 Å². The summed E-state index contributed by atoms with van der Waals surface area (Å²) in [4.78, 5) is 26.9. The Morgan fingerprint density at radius 3 is 2.34 bits per heavy atom. The largest absolute Gasteiger partial charge is 0.493 e. The minimum Gasteiger partial charge on any atom is -0.493 e. The van der Waals surface area contributed by atoms with Gasteiger partial charge >= 0.3 is 12.1 Å². The number of fused-ring (bicyclic) bond motifs is 1. The second kappa shape index (κ2) is 9.24. The highest BCUT2D eigenvalue weighted by molar-refractivity contribution is 5.77. The molecule has 1 heterocycles. The number of methoxy groups -OCH3 is 2. The predicted molar refractivity (Wildman–Crippen MR) is 113 cm³/mol. The first kappa shape index (κ1) is 22.6. The molecular formula is C21H34N4O4. The number of carbonyl (C=O) groups excluding carboxylic acids is 2. The smallest absolute Gasteiger partial charge is 0.318 e. The minimum atomic E-state index is -0.347. The van der Waals surface area contributed by atoms with Crippen molar-refractivity contribution in [1.29, 1.82) is 0 Å². The van der Waals surface area contributed by atoms with Crippen molar-refractivity contribution in [2.24, 2.45) is 0 Å². The summed E-state index contributed by atoms with van der Waals surface area (Å²) in [6, 6.07) is 3.14. The van der Waals surface area contributed by atoms with E-state index >= 15 is 0 Å². The van der Waals surface area contributed by atoms with E-state index in [0.717, 1.165) is 11.1 Å². The molecule has 0 spiro atoms. The summed E-state index contributed by atoms with van der Waals surface area (Å²) < 4.78 is 10.9. The summed E-state index contributed by atoms with van der Waals surface area (Å²) in [5, 5.41) is 8.75. The van der Waals surface area contributed by atoms with E-state index < -0.39 is 0 Å². The molecule has 0 unspecified atom stereocenters. The average Bonchev–Trinajstić information content (AvgIpc) is 2.62. The van der Waals surface area contributed by atoms with Crippen LogP contribution in [0, 0.1) is 0 Å². The number of amides is 4. The quantitative estimate of drug-likeness (QED) is 0.701. The van der Waals surface area contributed by atoms with E-state index in [1.807, 2.05) is 46.8 Å². The second-order valence-electron chi connectivity index (χ2n) is 8.55. The fraction of sp³-hybridized carbons (Fsp3) is 0.619. The van der Waals surface area contributed by atoms with Crippen LogP contribution in [-0.4, -0.2) is 55.9 Å². The first-order chi connectivity index (χ1) is 13.6. The average molecular weight is 407 g/mol. The van der Waals surface area contributed by atoms with Gasteiger partial charge in [0.05, 0.1) is 20.3 Å². The summed E-state index contributed by atoms with van der Waals surface area (Å²) in [5.41, 5.74) is 1.68. The van der Waals surface area contributed by atoms with Crippen LogP contribution in [0.3, 0.4) is 0 Å². The number of nitrogens with zero attached hydrogens (tertiary/aromatic N) is 1. The molecule has 1 atom stereocenters. The number of nitrogens with one attached hydrogen (secondary N) is 3. The molecule has 3 N–H and O–H groups in total. The third-order valence-electron chi connectivity index (χ3n) is 4.62. The second-order valence-corrected chi connectivity index (χ2v) is 8.55. The molecule has 0 bridgehead atoms. The monoisotopic (exact) mass is 406 g/mol. The molecule has 162 valence electrons. The molecule has 1 aromatic rings. The lowest BCUT2D eigenvalue weighted by molar-refractivity contribution is 0.164. The van der Waals surface area contributed by atoms with Crippen LogP contribution in [0.15, 0.2) is 12.1 Å². The Balaban J connectivity index is 2.33. The van der Waals surface area contributed by atoms with E-state index in [1.165, 1.54) is 0 Å². The Morgan fingerprint density at radius 1 is 1.17 bits per heavy atom. The van der Waals surface area contributed by atoms with E-state index in [2.05, 4.69) is 16.0 Å². The predicted octanol–water partition coefficient (Wildman–Crippen LogP) is 2.82. The van der Waals surface area contributed by atoms with Gasteiger partial charge in [-0.1, -0.05) is 0 Å². The van der Waals surface area contributed by atoms with Crippen molar-refractivity contribution >= 4 is 12.1 Å². The molecule has 1 aliphatic heterocycles. The van der Waals surface area contributed by atoms with Crippen molar-refractivity contribution < 1.29 is 19.1 Å². The van der Waals surface area contributed by atoms with Crippen molar-refractivity contribution in [3.8, 4) is 11.5 Å². The minimum absolute atomic E-state index is 0.0205. The van der Waals surface area contributed by atoms with Gasteiger partial charge < -0.3 is 30.3 Å². The molecule has 2 rings (SSSR count). The third kappa shape index (κ3) is 5.92. The van der Waals surface area contributed by atoms with Crippen LogP contribution in [0.1, 0.15) is 51.8 Å². The maximum atomic E-state index is 12.8. The van der Waals surface area contributed by atoms with Gasteiger partial charge in [0, 0.05) is 24.7 Å². The number of urea groups is 2. The lowest BCUT2D eigenvalue weighted by atomic mass is 9.92. The molecule has 0 radical (unpaired) electrons. The van der Waals surface area contributed by atoms with Gasteiger partial charge in [-0.3, -0.25) is 0 Å². The fourth-order valence-electron chi connectivity index (χ4n) is 3.40. The molecule has 1 aromatic carbocycles. The van der Waals surface area contributed by atoms with E-state index in [9.17, 15) is 9.59 Å². The lowest BCUT2D eigenvalue weighted by Gasteiger charge is -2.38. The molecule has 8 heteroatoms. The van der Waals surface area contributed by atoms with E-state index in [1.54, 1.807) is 19.1 Å². The number of ether oxygens (including phenoxy) is 2. The maximum Gasteiger partial charge on any atom is 0.318 e. The normalized spacial score (nSPS) is 16.1. The van der Waals surface area contributed by atoms with Gasteiger partial charge in [-0.05, 0) is 64.3 Å². The molecule has 8 nitrogen and oxygen atoms in total. The summed E-state index contributed by atoms with van der Waals surface area (Å²) in [5.74, 6) is 1.25. The molecule has 0 aromatic heterocycles. The standard InChI is InChI=1S/C21H34N4O4/c1-13(2)23-20(27)25-9-8-14-10-17(28-6)18(29-7)11-15(14)16(25)12-22-19(26)24-21(3,4)5/h10-11,13,16H,8-9,12H2,1-7H3,(H,23,27)(H2,22,24,26)/t16-/m0/s1. The molecule has 0 aliphatic carbocycles. The topological polar surface area (TPSA) is 91.9 Å². The van der Waals surface area contributed by atoms with Crippen LogP contribution in [-0.2, 0) is 6.42 Å². The van der Waals surface area contributed by atoms with Crippen LogP contribution in [0.5, 0.6) is 11.5 Å². The highest BCUT2D eigenvalue weighted by atomic mass is 16.5. The van der Waals surface area contributed by atoms with E-state index in [0.29, 0.717) is 24.5 Å². The molecule has 4 amide bonds. The summed E-state index contributed by atoms with van der Waals surface area (Å²) >= 11 is 0. The van der Waals surface area contributed by atoms with E-state index in [4.69, 9.17) is 9.47 Å². The molecular weight excluding hydrogens is 372 g/mol. The molecule has 29 heavy (non-hydrogen) atoms. The van der Waals surface area contributed by atoms with Gasteiger partial charge in [-0.15, -0.1) is 0 Å². The van der Waals surface area contributed by atoms with Gasteiger partial charge in [0.15, 0.2) is 11.5 Å². The van der Waals surface area contributed by atoms with Crippen molar-refractivity contribution in [3.63, 3.8) is 0 Å². The Kier molecular flexibility index (Phi) is 7.21. The highest BCUT2D eigenvalue weighted by Gasteiger charge is 2.33. The van der Waals surface area contributed by atoms with Gasteiger partial charge in [0.1, 0.15) is 0 Å². The number of rotatable bonds is 5. The van der Waals surface area contributed by atoms with Crippen LogP contribution >= 0.6 is 0 Å². The Hall–Kier alpha value is -2.64. The summed E-state index contributed by atoms with van der Waals surface area (Å²) in [7, 11) is 3.19. The Morgan fingerprint density at radius 2 is 1.79 bits per heavy atom. The zero-order chi connectivity index (χ0) is 21.8.